The number of nitrogens with one attached hydrogen (secondary N) is 1. The maximum Gasteiger partial charge on any atom is 0.266 e. The van der Waals surface area contributed by atoms with Gasteiger partial charge in [0.1, 0.15) is 18.2 Å². The smallest absolute Gasteiger partial charge is 0.266 e. The van der Waals surface area contributed by atoms with Crippen molar-refractivity contribution >= 4 is 45.2 Å². The highest BCUT2D eigenvalue weighted by molar-refractivity contribution is 9.10. The zero-order valence-electron chi connectivity index (χ0n) is 17.5. The number of halogens is 2. The molecular formula is C25H20BrClN2O3. The molecule has 0 atom stereocenters. The lowest BCUT2D eigenvalue weighted by molar-refractivity contribution is -0.112. The van der Waals surface area contributed by atoms with E-state index < -0.39 is 5.91 Å². The Morgan fingerprint density at radius 3 is 2.56 bits per heavy atom. The summed E-state index contributed by atoms with van der Waals surface area (Å²) in [5, 5.41) is 12.9. The first-order chi connectivity index (χ1) is 15.4. The number of hydrogen-bond acceptors (Lipinski definition) is 4. The summed E-state index contributed by atoms with van der Waals surface area (Å²) in [4.78, 5) is 12.6. The minimum absolute atomic E-state index is 0.0379. The van der Waals surface area contributed by atoms with Crippen molar-refractivity contribution < 1.29 is 14.3 Å². The second kappa shape index (κ2) is 10.9. The molecule has 0 aliphatic rings. The predicted molar refractivity (Wildman–Crippen MR) is 130 cm³/mol. The van der Waals surface area contributed by atoms with E-state index in [1.165, 1.54) is 13.2 Å². The van der Waals surface area contributed by atoms with Crippen LogP contribution in [0.1, 0.15) is 16.7 Å². The van der Waals surface area contributed by atoms with Gasteiger partial charge in [0.15, 0.2) is 11.5 Å². The number of rotatable bonds is 7. The molecule has 0 saturated heterocycles. The second-order valence-corrected chi connectivity index (χ2v) is 8.22. The highest BCUT2D eigenvalue weighted by Gasteiger charge is 2.14. The Balaban J connectivity index is 1.81. The lowest BCUT2D eigenvalue weighted by Crippen LogP contribution is -2.13. The van der Waals surface area contributed by atoms with E-state index in [0.29, 0.717) is 38.9 Å². The van der Waals surface area contributed by atoms with Crippen LogP contribution in [-0.4, -0.2) is 13.0 Å². The van der Waals surface area contributed by atoms with Gasteiger partial charge in [-0.25, -0.2) is 0 Å². The van der Waals surface area contributed by atoms with Crippen molar-refractivity contribution in [1.82, 2.24) is 0 Å². The number of aryl methyl sites for hydroxylation is 1. The topological polar surface area (TPSA) is 71.3 Å². The summed E-state index contributed by atoms with van der Waals surface area (Å²) in [7, 11) is 1.53. The third-order valence-corrected chi connectivity index (χ3v) is 5.47. The molecule has 1 amide bonds. The molecule has 0 bridgehead atoms. The van der Waals surface area contributed by atoms with E-state index in [1.54, 1.807) is 30.3 Å². The van der Waals surface area contributed by atoms with Gasteiger partial charge in [-0.1, -0.05) is 51.8 Å². The third-order valence-electron chi connectivity index (χ3n) is 4.53. The van der Waals surface area contributed by atoms with Crippen LogP contribution in [0.5, 0.6) is 11.5 Å². The number of ether oxygens (including phenoxy) is 2. The number of carbonyl (C=O) groups excluding carboxylic acids is 1. The zero-order valence-corrected chi connectivity index (χ0v) is 19.8. The van der Waals surface area contributed by atoms with E-state index in [4.69, 9.17) is 21.1 Å². The quantitative estimate of drug-likeness (QED) is 0.289. The van der Waals surface area contributed by atoms with Gasteiger partial charge in [-0.15, -0.1) is 0 Å². The largest absolute Gasteiger partial charge is 0.493 e. The lowest BCUT2D eigenvalue weighted by Gasteiger charge is -2.13. The first-order valence-corrected chi connectivity index (χ1v) is 10.8. The Morgan fingerprint density at radius 1 is 1.16 bits per heavy atom. The molecule has 0 spiro atoms. The Morgan fingerprint density at radius 2 is 1.91 bits per heavy atom. The standard InChI is InChI=1S/C25H20BrClN2O3/c1-16-4-3-5-21(10-16)29-25(30)19(14-28)11-18-12-23(31-2)24(13-22(18)26)32-15-17-6-8-20(27)9-7-17/h3-13H,15H2,1-2H3,(H,29,30)/b19-11+. The maximum absolute atomic E-state index is 12.6. The molecular weight excluding hydrogens is 492 g/mol. The van der Waals surface area contributed by atoms with Crippen molar-refractivity contribution in [1.29, 1.82) is 5.26 Å². The molecule has 0 fully saturated rings. The molecule has 0 radical (unpaired) electrons. The van der Waals surface area contributed by atoms with Crippen LogP contribution in [0, 0.1) is 18.3 Å². The highest BCUT2D eigenvalue weighted by atomic mass is 79.9. The molecule has 0 aliphatic heterocycles. The van der Waals surface area contributed by atoms with Gasteiger partial charge in [-0.3, -0.25) is 4.79 Å². The van der Waals surface area contributed by atoms with E-state index >= 15 is 0 Å². The van der Waals surface area contributed by atoms with Gasteiger partial charge in [0, 0.05) is 15.2 Å². The highest BCUT2D eigenvalue weighted by Crippen LogP contribution is 2.35. The fourth-order valence-electron chi connectivity index (χ4n) is 2.90. The van der Waals surface area contributed by atoms with Crippen LogP contribution >= 0.6 is 27.5 Å². The molecule has 3 rings (SSSR count). The first-order valence-electron chi connectivity index (χ1n) is 9.64. The monoisotopic (exact) mass is 510 g/mol. The number of carbonyl (C=O) groups is 1. The molecule has 0 saturated carbocycles. The van der Waals surface area contributed by atoms with Gasteiger partial charge in [0.25, 0.3) is 5.91 Å². The van der Waals surface area contributed by atoms with Crippen LogP contribution in [0.2, 0.25) is 5.02 Å². The minimum atomic E-state index is -0.493. The molecule has 162 valence electrons. The van der Waals surface area contributed by atoms with Gasteiger partial charge in [0.05, 0.1) is 7.11 Å². The third kappa shape index (κ3) is 6.13. The fourth-order valence-corrected chi connectivity index (χ4v) is 3.46. The molecule has 0 unspecified atom stereocenters. The summed E-state index contributed by atoms with van der Waals surface area (Å²) in [5.41, 5.74) is 3.16. The van der Waals surface area contributed by atoms with Crippen molar-refractivity contribution in [2.75, 3.05) is 12.4 Å². The van der Waals surface area contributed by atoms with Crippen LogP contribution in [0.4, 0.5) is 5.69 Å². The SMILES string of the molecule is COc1cc(/C=C(\C#N)C(=O)Nc2cccc(C)c2)c(Br)cc1OCc1ccc(Cl)cc1. The van der Waals surface area contributed by atoms with Crippen molar-refractivity contribution in [2.24, 2.45) is 0 Å². The Labute approximate surface area is 200 Å². The average Bonchev–Trinajstić information content (AvgIpc) is 2.78. The number of methoxy groups -OCH3 is 1. The van der Waals surface area contributed by atoms with Crippen molar-refractivity contribution in [3.8, 4) is 17.6 Å². The zero-order chi connectivity index (χ0) is 23.1. The summed E-state index contributed by atoms with van der Waals surface area (Å²) in [6.45, 7) is 2.26. The molecule has 3 aromatic carbocycles. The molecule has 0 aliphatic carbocycles. The van der Waals surface area contributed by atoms with E-state index in [-0.39, 0.29) is 5.57 Å². The average molecular weight is 512 g/mol. The van der Waals surface area contributed by atoms with E-state index in [9.17, 15) is 10.1 Å². The van der Waals surface area contributed by atoms with Crippen molar-refractivity contribution in [3.05, 3.63) is 92.4 Å². The van der Waals surface area contributed by atoms with E-state index in [0.717, 1.165) is 11.1 Å². The number of anilines is 1. The number of hydrogen-bond donors (Lipinski definition) is 1. The number of nitriles is 1. The number of amides is 1. The second-order valence-electron chi connectivity index (χ2n) is 6.93. The van der Waals surface area contributed by atoms with Crippen molar-refractivity contribution in [2.45, 2.75) is 13.5 Å². The molecule has 7 heteroatoms. The first kappa shape index (κ1) is 23.4. The van der Waals surface area contributed by atoms with Gasteiger partial charge in [-0.05, 0) is 66.1 Å². The van der Waals surface area contributed by atoms with Gasteiger partial charge >= 0.3 is 0 Å². The Kier molecular flexibility index (Phi) is 7.93. The Bertz CT molecular complexity index is 1200. The minimum Gasteiger partial charge on any atom is -0.493 e. The molecule has 0 aromatic heterocycles. The van der Waals surface area contributed by atoms with Crippen LogP contribution in [0.25, 0.3) is 6.08 Å². The predicted octanol–water partition coefficient (Wildman–Crippen LogP) is 6.54. The van der Waals surface area contributed by atoms with Crippen LogP contribution < -0.4 is 14.8 Å². The van der Waals surface area contributed by atoms with E-state index in [1.807, 2.05) is 43.3 Å². The van der Waals surface area contributed by atoms with Gasteiger partial charge < -0.3 is 14.8 Å². The summed E-state index contributed by atoms with van der Waals surface area (Å²) in [5.74, 6) is 0.506. The molecule has 1 N–H and O–H groups in total. The number of benzene rings is 3. The van der Waals surface area contributed by atoms with Gasteiger partial charge in [0.2, 0.25) is 0 Å². The van der Waals surface area contributed by atoms with Gasteiger partial charge in [-0.2, -0.15) is 5.26 Å². The summed E-state index contributed by atoms with van der Waals surface area (Å²) < 4.78 is 12.0. The van der Waals surface area contributed by atoms with E-state index in [2.05, 4.69) is 21.2 Å². The van der Waals surface area contributed by atoms with Crippen LogP contribution in [-0.2, 0) is 11.4 Å². The molecule has 0 heterocycles. The lowest BCUT2D eigenvalue weighted by atomic mass is 10.1. The maximum atomic E-state index is 12.6. The molecule has 5 nitrogen and oxygen atoms in total. The molecule has 32 heavy (non-hydrogen) atoms. The summed E-state index contributed by atoms with van der Waals surface area (Å²) >= 11 is 9.41. The summed E-state index contributed by atoms with van der Waals surface area (Å²) in [6.07, 6.45) is 1.50. The Hall–Kier alpha value is -3.27. The molecule has 3 aromatic rings. The fraction of sp³-hybridized carbons (Fsp3) is 0.120. The van der Waals surface area contributed by atoms with Crippen LogP contribution in [0.3, 0.4) is 0 Å². The number of nitrogens with zero attached hydrogens (tertiary/aromatic N) is 1. The normalized spacial score (nSPS) is 10.9. The van der Waals surface area contributed by atoms with Crippen molar-refractivity contribution in [3.63, 3.8) is 0 Å². The summed E-state index contributed by atoms with van der Waals surface area (Å²) in [6, 6.07) is 20.1. The van der Waals surface area contributed by atoms with Crippen LogP contribution in [0.15, 0.2) is 70.7 Å².